The Morgan fingerprint density at radius 2 is 1.71 bits per heavy atom. The van der Waals surface area contributed by atoms with Crippen molar-refractivity contribution in [2.45, 2.75) is 13.3 Å². The first-order valence-corrected chi connectivity index (χ1v) is 7.35. The highest BCUT2D eigenvalue weighted by molar-refractivity contribution is 6.11. The first-order chi connectivity index (χ1) is 11.4. The highest BCUT2D eigenvalue weighted by Gasteiger charge is 2.18. The molecule has 0 radical (unpaired) electrons. The van der Waals surface area contributed by atoms with E-state index in [0.29, 0.717) is 11.3 Å². The quantitative estimate of drug-likeness (QED) is 0.758. The summed E-state index contributed by atoms with van der Waals surface area (Å²) in [6.45, 7) is 1.43. The summed E-state index contributed by atoms with van der Waals surface area (Å²) in [6.07, 6.45) is 0.131. The van der Waals surface area contributed by atoms with Crippen LogP contribution < -0.4 is 10.6 Å². The van der Waals surface area contributed by atoms with Crippen molar-refractivity contribution < 1.29 is 19.5 Å². The molecule has 1 amide bonds. The number of carbonyl (C=O) groups excluding carboxylic acids is 2. The molecule has 2 aromatic carbocycles. The molecular weight excluding hydrogens is 308 g/mol. The van der Waals surface area contributed by atoms with Crippen molar-refractivity contribution >= 4 is 29.0 Å². The van der Waals surface area contributed by atoms with E-state index in [2.05, 4.69) is 10.6 Å². The first-order valence-electron chi connectivity index (χ1n) is 7.35. The van der Waals surface area contributed by atoms with Crippen molar-refractivity contribution in [3.63, 3.8) is 0 Å². The number of hydrogen-bond acceptors (Lipinski definition) is 4. The van der Waals surface area contributed by atoms with Crippen molar-refractivity contribution in [2.24, 2.45) is 0 Å². The molecule has 0 fully saturated rings. The Hall–Kier alpha value is -3.15. The number of hydrogen-bond donors (Lipinski definition) is 3. The van der Waals surface area contributed by atoms with Crippen LogP contribution >= 0.6 is 0 Å². The largest absolute Gasteiger partial charge is 0.478 e. The molecule has 0 unspecified atom stereocenters. The SMILES string of the molecule is CNc1cccc(NC(=O)c2ccc(CC(C)=O)cc2C(=O)O)c1. The maximum Gasteiger partial charge on any atom is 0.336 e. The molecule has 0 aliphatic rings. The molecule has 0 aliphatic carbocycles. The maximum atomic E-state index is 12.4. The molecule has 0 bridgehead atoms. The number of anilines is 2. The van der Waals surface area contributed by atoms with Gasteiger partial charge in [-0.25, -0.2) is 4.79 Å². The van der Waals surface area contributed by atoms with Crippen molar-refractivity contribution in [3.05, 3.63) is 59.2 Å². The van der Waals surface area contributed by atoms with Crippen LogP contribution in [-0.4, -0.2) is 29.8 Å². The van der Waals surface area contributed by atoms with Gasteiger partial charge in [0.05, 0.1) is 11.1 Å². The standard InChI is InChI=1S/C18H18N2O4/c1-11(21)8-12-6-7-15(16(9-12)18(23)24)17(22)20-14-5-3-4-13(10-14)19-2/h3-7,9-10,19H,8H2,1-2H3,(H,20,22)(H,23,24). The lowest BCUT2D eigenvalue weighted by Crippen LogP contribution is -2.17. The Morgan fingerprint density at radius 3 is 2.33 bits per heavy atom. The summed E-state index contributed by atoms with van der Waals surface area (Å²) in [5, 5.41) is 15.0. The molecule has 0 atom stereocenters. The van der Waals surface area contributed by atoms with E-state index >= 15 is 0 Å². The third kappa shape index (κ3) is 4.19. The zero-order valence-electron chi connectivity index (χ0n) is 13.4. The molecule has 0 saturated carbocycles. The lowest BCUT2D eigenvalue weighted by atomic mass is 10.0. The molecule has 2 aromatic rings. The zero-order chi connectivity index (χ0) is 17.7. The maximum absolute atomic E-state index is 12.4. The van der Waals surface area contributed by atoms with Gasteiger partial charge in [0.15, 0.2) is 0 Å². The molecule has 24 heavy (non-hydrogen) atoms. The summed E-state index contributed by atoms with van der Waals surface area (Å²) in [6, 6.07) is 11.4. The van der Waals surface area contributed by atoms with E-state index in [4.69, 9.17) is 0 Å². The van der Waals surface area contributed by atoms with E-state index in [-0.39, 0.29) is 23.3 Å². The van der Waals surface area contributed by atoms with E-state index in [0.717, 1.165) is 5.69 Å². The van der Waals surface area contributed by atoms with Gasteiger partial charge in [-0.3, -0.25) is 9.59 Å². The fraction of sp³-hybridized carbons (Fsp3) is 0.167. The third-order valence-electron chi connectivity index (χ3n) is 3.42. The molecular formula is C18H18N2O4. The van der Waals surface area contributed by atoms with E-state index in [9.17, 15) is 19.5 Å². The number of benzene rings is 2. The van der Waals surface area contributed by atoms with Gasteiger partial charge in [0.25, 0.3) is 5.91 Å². The number of carbonyl (C=O) groups is 3. The van der Waals surface area contributed by atoms with Gasteiger partial charge in [0.2, 0.25) is 0 Å². The van der Waals surface area contributed by atoms with Gasteiger partial charge in [-0.05, 0) is 42.8 Å². The fourth-order valence-electron chi connectivity index (χ4n) is 2.31. The Morgan fingerprint density at radius 1 is 1.00 bits per heavy atom. The van der Waals surface area contributed by atoms with Crippen LogP contribution in [0.2, 0.25) is 0 Å². The Bertz CT molecular complexity index is 799. The van der Waals surface area contributed by atoms with Gasteiger partial charge in [0, 0.05) is 24.8 Å². The Kier molecular flexibility index (Phi) is 5.31. The second-order valence-electron chi connectivity index (χ2n) is 5.35. The second kappa shape index (κ2) is 7.41. The van der Waals surface area contributed by atoms with Crippen LogP contribution in [0.5, 0.6) is 0 Å². The summed E-state index contributed by atoms with van der Waals surface area (Å²) in [4.78, 5) is 35.0. The highest BCUT2D eigenvalue weighted by atomic mass is 16.4. The number of carboxylic acid groups (broad SMARTS) is 1. The Balaban J connectivity index is 2.30. The number of amides is 1. The summed E-state index contributed by atoms with van der Waals surface area (Å²) < 4.78 is 0. The van der Waals surface area contributed by atoms with Crippen LogP contribution in [0.1, 0.15) is 33.2 Å². The van der Waals surface area contributed by atoms with Crippen LogP contribution in [0, 0.1) is 0 Å². The van der Waals surface area contributed by atoms with Crippen LogP contribution in [0.4, 0.5) is 11.4 Å². The molecule has 0 heterocycles. The molecule has 0 aromatic heterocycles. The lowest BCUT2D eigenvalue weighted by molar-refractivity contribution is -0.116. The average molecular weight is 326 g/mol. The minimum Gasteiger partial charge on any atom is -0.478 e. The summed E-state index contributed by atoms with van der Waals surface area (Å²) in [5.41, 5.74) is 1.85. The van der Waals surface area contributed by atoms with Crippen LogP contribution in [0.3, 0.4) is 0 Å². The molecule has 0 aliphatic heterocycles. The molecule has 6 nitrogen and oxygen atoms in total. The average Bonchev–Trinajstić information content (AvgIpc) is 2.54. The van der Waals surface area contributed by atoms with Gasteiger partial charge in [-0.15, -0.1) is 0 Å². The number of rotatable bonds is 6. The predicted octanol–water partition coefficient (Wildman–Crippen LogP) is 2.81. The van der Waals surface area contributed by atoms with Gasteiger partial charge < -0.3 is 15.7 Å². The van der Waals surface area contributed by atoms with Crippen LogP contribution in [-0.2, 0) is 11.2 Å². The number of nitrogens with one attached hydrogen (secondary N) is 2. The topological polar surface area (TPSA) is 95.5 Å². The van der Waals surface area contributed by atoms with Crippen molar-refractivity contribution in [1.82, 2.24) is 0 Å². The molecule has 6 heteroatoms. The van der Waals surface area contributed by atoms with Crippen molar-refractivity contribution in [3.8, 4) is 0 Å². The van der Waals surface area contributed by atoms with Crippen LogP contribution in [0.25, 0.3) is 0 Å². The van der Waals surface area contributed by atoms with Gasteiger partial charge in [-0.2, -0.15) is 0 Å². The Labute approximate surface area is 139 Å². The third-order valence-corrected chi connectivity index (χ3v) is 3.42. The van der Waals surface area contributed by atoms with Crippen LogP contribution in [0.15, 0.2) is 42.5 Å². The minimum atomic E-state index is -1.21. The van der Waals surface area contributed by atoms with Crippen molar-refractivity contribution in [2.75, 3.05) is 17.7 Å². The second-order valence-corrected chi connectivity index (χ2v) is 5.35. The molecule has 2 rings (SSSR count). The summed E-state index contributed by atoms with van der Waals surface area (Å²) in [7, 11) is 1.76. The van der Waals surface area contributed by atoms with E-state index in [1.165, 1.54) is 19.1 Å². The smallest absolute Gasteiger partial charge is 0.336 e. The highest BCUT2D eigenvalue weighted by Crippen LogP contribution is 2.18. The van der Waals surface area contributed by atoms with Gasteiger partial charge in [-0.1, -0.05) is 12.1 Å². The minimum absolute atomic E-state index is 0.0460. The van der Waals surface area contributed by atoms with E-state index in [1.807, 2.05) is 6.07 Å². The first kappa shape index (κ1) is 17.2. The fourth-order valence-corrected chi connectivity index (χ4v) is 2.31. The predicted molar refractivity (Wildman–Crippen MR) is 91.7 cm³/mol. The zero-order valence-corrected chi connectivity index (χ0v) is 13.4. The molecule has 124 valence electrons. The summed E-state index contributed by atoms with van der Waals surface area (Å²) >= 11 is 0. The molecule has 0 saturated heterocycles. The van der Waals surface area contributed by atoms with Gasteiger partial charge in [0.1, 0.15) is 5.78 Å². The van der Waals surface area contributed by atoms with E-state index < -0.39 is 11.9 Å². The van der Waals surface area contributed by atoms with E-state index in [1.54, 1.807) is 31.3 Å². The normalized spacial score (nSPS) is 10.1. The monoisotopic (exact) mass is 326 g/mol. The van der Waals surface area contributed by atoms with Crippen molar-refractivity contribution in [1.29, 1.82) is 0 Å². The number of aromatic carboxylic acids is 1. The molecule has 0 spiro atoms. The molecule has 3 N–H and O–H groups in total. The number of ketones is 1. The number of Topliss-reactive ketones (excluding diaryl/α,β-unsaturated/α-hetero) is 1. The summed E-state index contributed by atoms with van der Waals surface area (Å²) in [5.74, 6) is -1.81. The lowest BCUT2D eigenvalue weighted by Gasteiger charge is -2.10. The number of carboxylic acids is 1. The van der Waals surface area contributed by atoms with Gasteiger partial charge >= 0.3 is 5.97 Å².